The minimum Gasteiger partial charge on any atom is -0.351 e. The fraction of sp³-hybridized carbons (Fsp3) is 0.333. The first kappa shape index (κ1) is 13.1. The molecule has 2 unspecified atom stereocenters. The third kappa shape index (κ3) is 2.11. The van der Waals surface area contributed by atoms with Crippen molar-refractivity contribution in [3.05, 3.63) is 48.8 Å². The summed E-state index contributed by atoms with van der Waals surface area (Å²) in [6.45, 7) is 2.14. The third-order valence-corrected chi connectivity index (χ3v) is 5.08. The topological polar surface area (TPSA) is 45.5 Å². The van der Waals surface area contributed by atoms with Gasteiger partial charge in [0.2, 0.25) is 0 Å². The number of pyridine rings is 2. The Labute approximate surface area is 135 Å². The molecule has 0 amide bonds. The molecule has 0 spiro atoms. The maximum Gasteiger partial charge on any atom is 0.129 e. The highest BCUT2D eigenvalue weighted by Crippen LogP contribution is 2.29. The maximum atomic E-state index is 4.95. The van der Waals surface area contributed by atoms with E-state index in [1.165, 1.54) is 12.8 Å². The van der Waals surface area contributed by atoms with E-state index < -0.39 is 0 Å². The second-order valence-corrected chi connectivity index (χ2v) is 6.46. The van der Waals surface area contributed by atoms with E-state index in [1.807, 2.05) is 29.0 Å². The van der Waals surface area contributed by atoms with Gasteiger partial charge < -0.3 is 10.2 Å². The number of hydrogen-bond donors (Lipinski definition) is 1. The van der Waals surface area contributed by atoms with Crippen LogP contribution in [0.1, 0.15) is 12.8 Å². The van der Waals surface area contributed by atoms with Crippen LogP contribution in [0, 0.1) is 0 Å². The summed E-state index contributed by atoms with van der Waals surface area (Å²) in [5, 5.41) is 8.03. The Hall–Kier alpha value is -2.40. The van der Waals surface area contributed by atoms with Gasteiger partial charge in [0.15, 0.2) is 0 Å². The molecular weight excluding hydrogens is 286 g/mol. The van der Waals surface area contributed by atoms with Crippen molar-refractivity contribution in [2.75, 3.05) is 18.0 Å². The lowest BCUT2D eigenvalue weighted by Crippen LogP contribution is -2.61. The van der Waals surface area contributed by atoms with E-state index in [0.29, 0.717) is 12.1 Å². The molecule has 2 atom stereocenters. The summed E-state index contributed by atoms with van der Waals surface area (Å²) in [7, 11) is 0. The van der Waals surface area contributed by atoms with Crippen molar-refractivity contribution in [2.24, 2.45) is 0 Å². The summed E-state index contributed by atoms with van der Waals surface area (Å²) in [5.41, 5.74) is 3.19. The molecule has 0 radical (unpaired) electrons. The second kappa shape index (κ2) is 5.06. The van der Waals surface area contributed by atoms with Crippen LogP contribution < -0.4 is 10.2 Å². The summed E-state index contributed by atoms with van der Waals surface area (Å²) in [4.78, 5) is 7.42. The Morgan fingerprint density at radius 2 is 2.09 bits per heavy atom. The predicted molar refractivity (Wildman–Crippen MR) is 90.6 cm³/mol. The molecule has 3 aromatic heterocycles. The fourth-order valence-electron chi connectivity index (χ4n) is 3.85. The number of fused-ring (bicyclic) bond motifs is 4. The zero-order valence-electron chi connectivity index (χ0n) is 12.9. The number of anilines is 1. The molecule has 23 heavy (non-hydrogen) atoms. The molecule has 2 bridgehead atoms. The average molecular weight is 305 g/mol. The van der Waals surface area contributed by atoms with Crippen LogP contribution in [0.2, 0.25) is 0 Å². The summed E-state index contributed by atoms with van der Waals surface area (Å²) in [6, 6.07) is 13.6. The molecule has 0 aliphatic carbocycles. The number of nitrogens with zero attached hydrogens (tertiary/aromatic N) is 4. The largest absolute Gasteiger partial charge is 0.351 e. The highest BCUT2D eigenvalue weighted by atomic mass is 15.3. The molecule has 3 aliphatic heterocycles. The van der Waals surface area contributed by atoms with Crippen molar-refractivity contribution in [1.29, 1.82) is 0 Å². The molecule has 3 fully saturated rings. The van der Waals surface area contributed by atoms with Gasteiger partial charge in [-0.3, -0.25) is 0 Å². The van der Waals surface area contributed by atoms with Gasteiger partial charge >= 0.3 is 0 Å². The molecule has 6 rings (SSSR count). The Morgan fingerprint density at radius 1 is 1.09 bits per heavy atom. The summed E-state index contributed by atoms with van der Waals surface area (Å²) in [5.74, 6) is 1.09. The zero-order valence-corrected chi connectivity index (χ0v) is 12.9. The first-order valence-electron chi connectivity index (χ1n) is 8.28. The zero-order chi connectivity index (χ0) is 15.2. The molecule has 3 aliphatic rings. The molecule has 5 nitrogen and oxygen atoms in total. The lowest BCUT2D eigenvalue weighted by atomic mass is 9.93. The Kier molecular flexibility index (Phi) is 2.88. The molecule has 0 aromatic carbocycles. The molecule has 3 saturated heterocycles. The lowest BCUT2D eigenvalue weighted by Gasteiger charge is -2.46. The third-order valence-electron chi connectivity index (χ3n) is 5.08. The summed E-state index contributed by atoms with van der Waals surface area (Å²) < 4.78 is 1.90. The normalized spacial score (nSPS) is 23.6. The van der Waals surface area contributed by atoms with Gasteiger partial charge in [-0.1, -0.05) is 12.1 Å². The average Bonchev–Trinajstić information content (AvgIpc) is 3.07. The quantitative estimate of drug-likeness (QED) is 0.789. The molecule has 6 heterocycles. The van der Waals surface area contributed by atoms with Crippen molar-refractivity contribution >= 4 is 11.3 Å². The number of aromatic nitrogens is 3. The SMILES string of the molecule is c1cc(-c2cnn3ccccc23)nc(N2CC3CCC2CN3)c1. The van der Waals surface area contributed by atoms with Crippen LogP contribution >= 0.6 is 0 Å². The van der Waals surface area contributed by atoms with Crippen molar-refractivity contribution in [3.63, 3.8) is 0 Å². The Balaban J connectivity index is 1.55. The van der Waals surface area contributed by atoms with Gasteiger partial charge in [-0.25, -0.2) is 9.50 Å². The second-order valence-electron chi connectivity index (χ2n) is 6.46. The highest BCUT2D eigenvalue weighted by Gasteiger charge is 2.34. The fourth-order valence-corrected chi connectivity index (χ4v) is 3.85. The minimum absolute atomic E-state index is 0.576. The van der Waals surface area contributed by atoms with Crippen LogP contribution in [-0.4, -0.2) is 39.8 Å². The molecular formula is C18H19N5. The van der Waals surface area contributed by atoms with E-state index in [2.05, 4.69) is 39.6 Å². The van der Waals surface area contributed by atoms with Crippen molar-refractivity contribution in [1.82, 2.24) is 19.9 Å². The van der Waals surface area contributed by atoms with Gasteiger partial charge in [-0.15, -0.1) is 0 Å². The smallest absolute Gasteiger partial charge is 0.129 e. The number of piperidine rings is 2. The first-order valence-corrected chi connectivity index (χ1v) is 8.28. The van der Waals surface area contributed by atoms with Crippen molar-refractivity contribution in [2.45, 2.75) is 24.9 Å². The van der Waals surface area contributed by atoms with E-state index in [-0.39, 0.29) is 0 Å². The summed E-state index contributed by atoms with van der Waals surface area (Å²) >= 11 is 0. The van der Waals surface area contributed by atoms with Crippen LogP contribution in [0.3, 0.4) is 0 Å². The lowest BCUT2D eigenvalue weighted by molar-refractivity contribution is 0.289. The van der Waals surface area contributed by atoms with Crippen molar-refractivity contribution in [3.8, 4) is 11.3 Å². The molecule has 3 aromatic rings. The Bertz CT molecular complexity index is 847. The van der Waals surface area contributed by atoms with Crippen LogP contribution in [-0.2, 0) is 0 Å². The van der Waals surface area contributed by atoms with E-state index in [4.69, 9.17) is 4.98 Å². The van der Waals surface area contributed by atoms with E-state index >= 15 is 0 Å². The van der Waals surface area contributed by atoms with Gasteiger partial charge in [-0.05, 0) is 37.1 Å². The molecule has 116 valence electrons. The maximum absolute atomic E-state index is 4.95. The van der Waals surface area contributed by atoms with Crippen LogP contribution in [0.15, 0.2) is 48.8 Å². The minimum atomic E-state index is 0.576. The van der Waals surface area contributed by atoms with Gasteiger partial charge in [-0.2, -0.15) is 5.10 Å². The van der Waals surface area contributed by atoms with Crippen LogP contribution in [0.4, 0.5) is 5.82 Å². The molecule has 5 heteroatoms. The van der Waals surface area contributed by atoms with Gasteiger partial charge in [0.05, 0.1) is 17.4 Å². The van der Waals surface area contributed by atoms with E-state index in [0.717, 1.165) is 35.7 Å². The number of piperazine rings is 1. The molecule has 0 saturated carbocycles. The summed E-state index contributed by atoms with van der Waals surface area (Å²) in [6.07, 6.45) is 6.43. The number of hydrogen-bond acceptors (Lipinski definition) is 4. The number of nitrogens with one attached hydrogen (secondary N) is 1. The van der Waals surface area contributed by atoms with Crippen LogP contribution in [0.5, 0.6) is 0 Å². The first-order chi connectivity index (χ1) is 11.4. The van der Waals surface area contributed by atoms with Crippen molar-refractivity contribution < 1.29 is 0 Å². The molecule has 1 N–H and O–H groups in total. The number of rotatable bonds is 2. The van der Waals surface area contributed by atoms with E-state index in [1.54, 1.807) is 0 Å². The van der Waals surface area contributed by atoms with E-state index in [9.17, 15) is 0 Å². The predicted octanol–water partition coefficient (Wildman–Crippen LogP) is 2.34. The monoisotopic (exact) mass is 305 g/mol. The van der Waals surface area contributed by atoms with Gasteiger partial charge in [0, 0.05) is 36.9 Å². The Morgan fingerprint density at radius 3 is 2.91 bits per heavy atom. The standard InChI is InChI=1S/C18H19N5/c1-2-9-23-17(5-1)15(11-20-23)16-4-3-6-18(21-16)22-12-13-7-8-14(22)10-19-13/h1-6,9,11,13-14,19H,7-8,10,12H2. The van der Waals surface area contributed by atoms with Gasteiger partial charge in [0.1, 0.15) is 5.82 Å². The highest BCUT2D eigenvalue weighted by molar-refractivity contribution is 5.78. The van der Waals surface area contributed by atoms with Gasteiger partial charge in [0.25, 0.3) is 0 Å². The van der Waals surface area contributed by atoms with Crippen LogP contribution in [0.25, 0.3) is 16.8 Å².